The van der Waals surface area contributed by atoms with Crippen LogP contribution in [0.2, 0.25) is 0 Å². The first-order valence-electron chi connectivity index (χ1n) is 14.6. The van der Waals surface area contributed by atoms with Gasteiger partial charge in [-0.1, -0.05) is 84.8 Å². The predicted molar refractivity (Wildman–Crippen MR) is 150 cm³/mol. The Hall–Kier alpha value is -2.21. The molecule has 5 N–H and O–H groups in total. The minimum Gasteiger partial charge on any atom is -0.434 e. The first kappa shape index (κ1) is 35.8. The van der Waals surface area contributed by atoms with Gasteiger partial charge in [-0.05, 0) is 24.7 Å². The molecule has 6 atom stereocenters. The number of unbranched alkanes of at least 4 members (excludes halogenated alkanes) is 7. The summed E-state index contributed by atoms with van der Waals surface area (Å²) in [6.45, 7) is 8.14. The molecule has 6 unspecified atom stereocenters. The zero-order chi connectivity index (χ0) is 30.1. The van der Waals surface area contributed by atoms with E-state index in [4.69, 9.17) is 14.2 Å². The zero-order valence-electron chi connectivity index (χ0n) is 24.9. The van der Waals surface area contributed by atoms with Crippen LogP contribution in [-0.2, 0) is 23.8 Å². The van der Waals surface area contributed by atoms with E-state index >= 15 is 0 Å². The van der Waals surface area contributed by atoms with Crippen LogP contribution in [0.5, 0.6) is 0 Å². The Kier molecular flexibility index (Phi) is 17.0. The van der Waals surface area contributed by atoms with Crippen molar-refractivity contribution in [1.29, 1.82) is 0 Å². The molecule has 1 heterocycles. The van der Waals surface area contributed by atoms with Crippen molar-refractivity contribution in [3.63, 3.8) is 0 Å². The number of hydrogen-bond donors (Lipinski definition) is 5. The van der Waals surface area contributed by atoms with E-state index in [9.17, 15) is 29.7 Å². The number of carbonyl (C=O) groups excluding carboxylic acids is 3. The van der Waals surface area contributed by atoms with Gasteiger partial charge in [0, 0.05) is 13.5 Å². The fourth-order valence-electron chi connectivity index (χ4n) is 4.28. The maximum atomic E-state index is 12.8. The summed E-state index contributed by atoms with van der Waals surface area (Å²) in [7, 11) is 1.17. The number of methoxy groups -OCH3 is 1. The SMILES string of the molecule is CCCCCCCCCCOC(=O)OC1CCCC(NC(=O)C(OC)C(O)C(O)C(O)/C=C/C(C)(C)C)C(=O)N1. The van der Waals surface area contributed by atoms with Crippen LogP contribution < -0.4 is 10.6 Å². The molecule has 11 heteroatoms. The first-order chi connectivity index (χ1) is 18.9. The number of aliphatic hydroxyl groups is 3. The summed E-state index contributed by atoms with van der Waals surface area (Å²) >= 11 is 0. The summed E-state index contributed by atoms with van der Waals surface area (Å²) in [5, 5.41) is 36.2. The van der Waals surface area contributed by atoms with Crippen LogP contribution >= 0.6 is 0 Å². The minimum absolute atomic E-state index is 0.250. The van der Waals surface area contributed by atoms with Crippen LogP contribution in [0, 0.1) is 5.41 Å². The standard InChI is InChI=1S/C29H52N2O9/c1-6-7-8-9-10-11-12-13-19-39-28(37)40-22-16-14-15-20(26(35)31-22)30-27(36)25(38-5)24(34)23(33)21(32)17-18-29(2,3)4/h17-18,20-25,32-34H,6-16,19H2,1-5H3,(H,30,36)(H,31,35)/b18-17+. The number of nitrogens with one attached hydrogen (secondary N) is 2. The highest BCUT2D eigenvalue weighted by molar-refractivity contribution is 5.90. The summed E-state index contributed by atoms with van der Waals surface area (Å²) < 4.78 is 15.5. The Balaban J connectivity index is 2.49. The highest BCUT2D eigenvalue weighted by Gasteiger charge is 2.37. The Morgan fingerprint density at radius 2 is 1.65 bits per heavy atom. The van der Waals surface area contributed by atoms with Gasteiger partial charge in [-0.15, -0.1) is 0 Å². The van der Waals surface area contributed by atoms with E-state index in [2.05, 4.69) is 17.6 Å². The quantitative estimate of drug-likeness (QED) is 0.100. The third-order valence-electron chi connectivity index (χ3n) is 6.67. The highest BCUT2D eigenvalue weighted by Crippen LogP contribution is 2.18. The number of allylic oxidation sites excluding steroid dienone is 1. The topological polar surface area (TPSA) is 164 Å². The van der Waals surface area contributed by atoms with Crippen LogP contribution in [0.1, 0.15) is 98.3 Å². The highest BCUT2D eigenvalue weighted by atomic mass is 16.7. The monoisotopic (exact) mass is 572 g/mol. The second-order valence-electron chi connectivity index (χ2n) is 11.5. The van der Waals surface area contributed by atoms with Crippen molar-refractivity contribution in [1.82, 2.24) is 10.6 Å². The molecule has 0 aromatic carbocycles. The van der Waals surface area contributed by atoms with Crippen LogP contribution in [0.3, 0.4) is 0 Å². The maximum absolute atomic E-state index is 12.8. The van der Waals surface area contributed by atoms with Gasteiger partial charge < -0.3 is 40.2 Å². The average Bonchev–Trinajstić information content (AvgIpc) is 3.05. The molecule has 1 aliphatic heterocycles. The van der Waals surface area contributed by atoms with Gasteiger partial charge in [0.2, 0.25) is 5.91 Å². The number of amides is 2. The fourth-order valence-corrected chi connectivity index (χ4v) is 4.28. The summed E-state index contributed by atoms with van der Waals surface area (Å²) in [5.41, 5.74) is -0.262. The minimum atomic E-state index is -1.76. The Morgan fingerprint density at radius 1 is 1.02 bits per heavy atom. The Morgan fingerprint density at radius 3 is 2.25 bits per heavy atom. The average molecular weight is 573 g/mol. The third kappa shape index (κ3) is 14.4. The van der Waals surface area contributed by atoms with Gasteiger partial charge in [0.15, 0.2) is 12.3 Å². The maximum Gasteiger partial charge on any atom is 0.510 e. The number of aliphatic hydroxyl groups excluding tert-OH is 3. The first-order valence-corrected chi connectivity index (χ1v) is 14.6. The van der Waals surface area contributed by atoms with Gasteiger partial charge in [0.25, 0.3) is 5.91 Å². The third-order valence-corrected chi connectivity index (χ3v) is 6.67. The van der Waals surface area contributed by atoms with E-state index in [1.165, 1.54) is 45.3 Å². The van der Waals surface area contributed by atoms with E-state index in [-0.39, 0.29) is 18.4 Å². The molecule has 0 aromatic rings. The zero-order valence-corrected chi connectivity index (χ0v) is 24.9. The molecule has 1 aliphatic rings. The van der Waals surface area contributed by atoms with E-state index in [1.807, 2.05) is 20.8 Å². The van der Waals surface area contributed by atoms with E-state index in [0.29, 0.717) is 12.8 Å². The molecule has 0 aliphatic carbocycles. The van der Waals surface area contributed by atoms with Crippen LogP contribution in [0.25, 0.3) is 0 Å². The lowest BCUT2D eigenvalue weighted by atomic mass is 9.94. The lowest BCUT2D eigenvalue weighted by molar-refractivity contribution is -0.151. The molecule has 232 valence electrons. The summed E-state index contributed by atoms with van der Waals surface area (Å²) in [4.78, 5) is 37.6. The van der Waals surface area contributed by atoms with Crippen molar-refractivity contribution in [2.45, 2.75) is 135 Å². The van der Waals surface area contributed by atoms with Gasteiger partial charge in [0.05, 0.1) is 6.61 Å². The summed E-state index contributed by atoms with van der Waals surface area (Å²) in [6, 6.07) is -0.970. The smallest absolute Gasteiger partial charge is 0.434 e. The lowest BCUT2D eigenvalue weighted by Crippen LogP contribution is -2.56. The van der Waals surface area contributed by atoms with Gasteiger partial charge in [-0.2, -0.15) is 0 Å². The molecule has 0 spiro atoms. The molecule has 0 aromatic heterocycles. The Bertz CT molecular complexity index is 784. The predicted octanol–water partition coefficient (Wildman–Crippen LogP) is 3.09. The van der Waals surface area contributed by atoms with Gasteiger partial charge in [-0.3, -0.25) is 9.59 Å². The molecule has 1 rings (SSSR count). The number of ether oxygens (including phenoxy) is 3. The molecular weight excluding hydrogens is 520 g/mol. The van der Waals surface area contributed by atoms with Gasteiger partial charge in [0.1, 0.15) is 24.4 Å². The molecule has 0 radical (unpaired) electrons. The molecule has 1 saturated heterocycles. The lowest BCUT2D eigenvalue weighted by Gasteiger charge is -2.28. The van der Waals surface area contributed by atoms with E-state index < -0.39 is 54.7 Å². The second kappa shape index (κ2) is 19.0. The van der Waals surface area contributed by atoms with Gasteiger partial charge >= 0.3 is 6.16 Å². The van der Waals surface area contributed by atoms with Crippen LogP contribution in [0.15, 0.2) is 12.2 Å². The number of rotatable bonds is 17. The number of carbonyl (C=O) groups is 3. The van der Waals surface area contributed by atoms with Crippen molar-refractivity contribution in [3.05, 3.63) is 12.2 Å². The number of hydrogen-bond acceptors (Lipinski definition) is 9. The molecule has 2 amide bonds. The summed E-state index contributed by atoms with van der Waals surface area (Å²) in [6.07, 6.45) is 4.87. The fraction of sp³-hybridized carbons (Fsp3) is 0.828. The van der Waals surface area contributed by atoms with E-state index in [1.54, 1.807) is 6.08 Å². The largest absolute Gasteiger partial charge is 0.510 e. The Labute approximate surface area is 239 Å². The molecule has 1 fully saturated rings. The molecule has 11 nitrogen and oxygen atoms in total. The van der Waals surface area contributed by atoms with Crippen molar-refractivity contribution in [2.75, 3.05) is 13.7 Å². The van der Waals surface area contributed by atoms with Gasteiger partial charge in [-0.25, -0.2) is 4.79 Å². The van der Waals surface area contributed by atoms with Crippen LogP contribution in [-0.4, -0.2) is 83.7 Å². The molecule has 0 bridgehead atoms. The van der Waals surface area contributed by atoms with Crippen molar-refractivity contribution in [2.24, 2.45) is 5.41 Å². The normalized spacial score (nSPS) is 21.1. The molecule has 0 saturated carbocycles. The summed E-state index contributed by atoms with van der Waals surface area (Å²) in [5.74, 6) is -1.39. The van der Waals surface area contributed by atoms with Crippen LogP contribution in [0.4, 0.5) is 4.79 Å². The van der Waals surface area contributed by atoms with Crippen molar-refractivity contribution >= 4 is 18.0 Å². The molecule has 40 heavy (non-hydrogen) atoms. The van der Waals surface area contributed by atoms with Crippen molar-refractivity contribution < 1.29 is 43.9 Å². The molecular formula is C29H52N2O9. The second-order valence-corrected chi connectivity index (χ2v) is 11.5. The van der Waals surface area contributed by atoms with E-state index in [0.717, 1.165) is 19.3 Å². The van der Waals surface area contributed by atoms with Crippen molar-refractivity contribution in [3.8, 4) is 0 Å².